The third-order valence-corrected chi connectivity index (χ3v) is 6.89. The van der Waals surface area contributed by atoms with Crippen molar-refractivity contribution in [1.29, 1.82) is 0 Å². The third kappa shape index (κ3) is 3.77. The molecule has 4 aromatic heterocycles. The van der Waals surface area contributed by atoms with Crippen LogP contribution in [0, 0.1) is 13.8 Å². The Hall–Kier alpha value is -3.53. The van der Waals surface area contributed by atoms with Crippen molar-refractivity contribution in [1.82, 2.24) is 35.0 Å². The van der Waals surface area contributed by atoms with Gasteiger partial charge in [-0.1, -0.05) is 12.8 Å². The van der Waals surface area contributed by atoms with Crippen LogP contribution in [0.1, 0.15) is 43.2 Å². The van der Waals surface area contributed by atoms with Crippen LogP contribution in [0.25, 0.3) is 22.6 Å². The van der Waals surface area contributed by atoms with E-state index in [9.17, 15) is 0 Å². The quantitative estimate of drug-likeness (QED) is 0.461. The Balaban J connectivity index is 1.35. The van der Waals surface area contributed by atoms with E-state index < -0.39 is 0 Å². The van der Waals surface area contributed by atoms with Crippen molar-refractivity contribution in [3.05, 3.63) is 36.0 Å². The molecule has 5 heterocycles. The van der Waals surface area contributed by atoms with E-state index in [0.29, 0.717) is 23.8 Å². The van der Waals surface area contributed by atoms with E-state index in [0.717, 1.165) is 72.8 Å². The second kappa shape index (κ2) is 8.68. The fourth-order valence-corrected chi connectivity index (χ4v) is 5.15. The Morgan fingerprint density at radius 2 is 1.85 bits per heavy atom. The van der Waals surface area contributed by atoms with Crippen molar-refractivity contribution in [3.8, 4) is 11.6 Å². The van der Waals surface area contributed by atoms with Gasteiger partial charge in [-0.2, -0.15) is 4.98 Å². The number of piperazine rings is 1. The Morgan fingerprint density at radius 1 is 1.03 bits per heavy atom. The lowest BCUT2D eigenvalue weighted by Crippen LogP contribution is -2.43. The van der Waals surface area contributed by atoms with Crippen LogP contribution in [0.15, 0.2) is 28.9 Å². The van der Waals surface area contributed by atoms with Gasteiger partial charge in [-0.05, 0) is 37.5 Å². The molecule has 34 heavy (non-hydrogen) atoms. The van der Waals surface area contributed by atoms with Gasteiger partial charge < -0.3 is 24.5 Å². The molecule has 1 aliphatic carbocycles. The minimum Gasteiger partial charge on any atom is -0.420 e. The summed E-state index contributed by atoms with van der Waals surface area (Å²) in [7, 11) is 0. The molecule has 0 amide bonds. The number of fused-ring (bicyclic) bond motifs is 1. The number of rotatable bonds is 5. The van der Waals surface area contributed by atoms with Crippen LogP contribution >= 0.6 is 0 Å². The van der Waals surface area contributed by atoms with Crippen LogP contribution in [-0.4, -0.2) is 55.9 Å². The zero-order chi connectivity index (χ0) is 23.1. The van der Waals surface area contributed by atoms with Crippen molar-refractivity contribution < 1.29 is 4.42 Å². The first-order chi connectivity index (χ1) is 16.7. The standard InChI is InChI=1S/C24H29N9O/c1-15-19-14-27-24(28-20-8-7-18(13-26-20)32-11-9-25-10-12-32)29-22(19)33(17-5-3-4-6-17)21(15)23-31-30-16(2)34-23/h7-8,13-14,17,25H,3-6,9-12H2,1-2H3,(H,26,27,28,29). The number of pyridine rings is 1. The Morgan fingerprint density at radius 3 is 2.56 bits per heavy atom. The molecule has 2 N–H and O–H groups in total. The van der Waals surface area contributed by atoms with Gasteiger partial charge in [0.2, 0.25) is 11.8 Å². The van der Waals surface area contributed by atoms with Gasteiger partial charge in [-0.3, -0.25) is 0 Å². The molecule has 0 spiro atoms. The molecule has 0 bridgehead atoms. The van der Waals surface area contributed by atoms with Gasteiger partial charge >= 0.3 is 0 Å². The number of aromatic nitrogens is 6. The maximum atomic E-state index is 5.84. The number of nitrogens with zero attached hydrogens (tertiary/aromatic N) is 7. The second-order valence-electron chi connectivity index (χ2n) is 9.10. The Bertz CT molecular complexity index is 1300. The van der Waals surface area contributed by atoms with E-state index in [-0.39, 0.29) is 0 Å². The maximum absolute atomic E-state index is 5.84. The predicted molar refractivity (Wildman–Crippen MR) is 130 cm³/mol. The maximum Gasteiger partial charge on any atom is 0.264 e. The molecule has 0 atom stereocenters. The van der Waals surface area contributed by atoms with Crippen LogP contribution in [0.5, 0.6) is 0 Å². The molecule has 2 fully saturated rings. The van der Waals surface area contributed by atoms with E-state index in [1.165, 1.54) is 12.8 Å². The summed E-state index contributed by atoms with van der Waals surface area (Å²) >= 11 is 0. The summed E-state index contributed by atoms with van der Waals surface area (Å²) in [6.07, 6.45) is 8.45. The van der Waals surface area contributed by atoms with E-state index in [1.807, 2.05) is 25.4 Å². The minimum absolute atomic E-state index is 0.359. The fraction of sp³-hybridized carbons (Fsp3) is 0.458. The number of hydrogen-bond acceptors (Lipinski definition) is 9. The molecule has 6 rings (SSSR count). The van der Waals surface area contributed by atoms with Crippen molar-refractivity contribution in [2.24, 2.45) is 0 Å². The molecule has 0 aromatic carbocycles. The molecule has 10 nitrogen and oxygen atoms in total. The lowest BCUT2D eigenvalue weighted by Gasteiger charge is -2.29. The summed E-state index contributed by atoms with van der Waals surface area (Å²) in [5.41, 5.74) is 4.04. The minimum atomic E-state index is 0.359. The highest BCUT2D eigenvalue weighted by Gasteiger charge is 2.28. The van der Waals surface area contributed by atoms with Crippen molar-refractivity contribution in [2.45, 2.75) is 45.6 Å². The predicted octanol–water partition coefficient (Wildman–Crippen LogP) is 3.76. The first-order valence-corrected chi connectivity index (χ1v) is 12.0. The first kappa shape index (κ1) is 21.0. The molecule has 0 unspecified atom stereocenters. The highest BCUT2D eigenvalue weighted by Crippen LogP contribution is 2.40. The van der Waals surface area contributed by atoms with Crippen LogP contribution in [0.4, 0.5) is 17.5 Å². The second-order valence-corrected chi connectivity index (χ2v) is 9.10. The molecule has 1 aliphatic heterocycles. The van der Waals surface area contributed by atoms with Crippen LogP contribution in [0.2, 0.25) is 0 Å². The van der Waals surface area contributed by atoms with Crippen molar-refractivity contribution >= 4 is 28.5 Å². The average molecular weight is 460 g/mol. The monoisotopic (exact) mass is 459 g/mol. The van der Waals surface area contributed by atoms with E-state index in [2.05, 4.69) is 53.3 Å². The van der Waals surface area contributed by atoms with E-state index in [1.54, 1.807) is 0 Å². The molecule has 10 heteroatoms. The zero-order valence-corrected chi connectivity index (χ0v) is 19.6. The van der Waals surface area contributed by atoms with Gasteiger partial charge in [0.05, 0.1) is 11.9 Å². The molecule has 1 saturated heterocycles. The first-order valence-electron chi connectivity index (χ1n) is 12.0. The normalized spacial score (nSPS) is 17.1. The highest BCUT2D eigenvalue weighted by atomic mass is 16.4. The molecular formula is C24H29N9O. The number of aryl methyl sites for hydroxylation is 2. The van der Waals surface area contributed by atoms with Gasteiger partial charge in [0.15, 0.2) is 0 Å². The van der Waals surface area contributed by atoms with E-state index >= 15 is 0 Å². The highest BCUT2D eigenvalue weighted by molar-refractivity contribution is 5.88. The topological polar surface area (TPSA) is 110 Å². The van der Waals surface area contributed by atoms with Gasteiger partial charge in [0.25, 0.3) is 5.89 Å². The molecule has 0 radical (unpaired) electrons. The molecule has 2 aliphatic rings. The van der Waals surface area contributed by atoms with Crippen LogP contribution in [-0.2, 0) is 0 Å². The summed E-state index contributed by atoms with van der Waals surface area (Å²) in [5.74, 6) is 2.35. The van der Waals surface area contributed by atoms with Gasteiger partial charge in [0.1, 0.15) is 17.2 Å². The summed E-state index contributed by atoms with van der Waals surface area (Å²) in [6.45, 7) is 7.88. The molecule has 1 saturated carbocycles. The SMILES string of the molecule is Cc1nnc(-c2c(C)c3cnc(Nc4ccc(N5CCNCC5)cn4)nc3n2C2CCCC2)o1. The lowest BCUT2D eigenvalue weighted by molar-refractivity contribution is 0.502. The smallest absolute Gasteiger partial charge is 0.264 e. The number of hydrogen-bond donors (Lipinski definition) is 2. The van der Waals surface area contributed by atoms with Crippen LogP contribution < -0.4 is 15.5 Å². The number of nitrogens with one attached hydrogen (secondary N) is 2. The van der Waals surface area contributed by atoms with Gasteiger partial charge in [0, 0.05) is 50.7 Å². The zero-order valence-electron chi connectivity index (χ0n) is 19.6. The van der Waals surface area contributed by atoms with Gasteiger partial charge in [-0.15, -0.1) is 10.2 Å². The summed E-state index contributed by atoms with van der Waals surface area (Å²) in [5, 5.41) is 16.1. The Kier molecular flexibility index (Phi) is 5.37. The Labute approximate surface area is 197 Å². The largest absolute Gasteiger partial charge is 0.420 e. The summed E-state index contributed by atoms with van der Waals surface area (Å²) in [4.78, 5) is 16.5. The van der Waals surface area contributed by atoms with Gasteiger partial charge in [-0.25, -0.2) is 9.97 Å². The third-order valence-electron chi connectivity index (χ3n) is 6.89. The molecule has 4 aromatic rings. The van der Waals surface area contributed by atoms with Crippen molar-refractivity contribution in [3.63, 3.8) is 0 Å². The fourth-order valence-electron chi connectivity index (χ4n) is 5.15. The van der Waals surface area contributed by atoms with Crippen LogP contribution in [0.3, 0.4) is 0 Å². The van der Waals surface area contributed by atoms with E-state index in [4.69, 9.17) is 9.40 Å². The molecule has 176 valence electrons. The summed E-state index contributed by atoms with van der Waals surface area (Å²) in [6, 6.07) is 4.44. The average Bonchev–Trinajstić information content (AvgIpc) is 3.60. The lowest BCUT2D eigenvalue weighted by atomic mass is 10.2. The summed E-state index contributed by atoms with van der Waals surface area (Å²) < 4.78 is 8.13. The number of anilines is 3. The molecular weight excluding hydrogens is 430 g/mol. The van der Waals surface area contributed by atoms with Crippen molar-refractivity contribution in [2.75, 3.05) is 36.4 Å².